The minimum Gasteiger partial charge on any atom is -0.508 e. The molecule has 0 aliphatic heterocycles. The highest BCUT2D eigenvalue weighted by Gasteiger charge is 1.95. The summed E-state index contributed by atoms with van der Waals surface area (Å²) in [5, 5.41) is 9.19. The fraction of sp³-hybridized carbons (Fsp3) is 0.250. The summed E-state index contributed by atoms with van der Waals surface area (Å²) in [6, 6.07) is 7.24. The lowest BCUT2D eigenvalue weighted by molar-refractivity contribution is 0.468. The van der Waals surface area contributed by atoms with Crippen molar-refractivity contribution in [1.82, 2.24) is 0 Å². The Bertz CT molecular complexity index is 215. The molecule has 0 spiro atoms. The van der Waals surface area contributed by atoms with E-state index in [4.69, 9.17) is 5.73 Å². The number of rotatable bonds is 2. The Morgan fingerprint density at radius 2 is 1.91 bits per heavy atom. The van der Waals surface area contributed by atoms with Gasteiger partial charge in [0.25, 0.3) is 0 Å². The number of hydrogen-bond acceptors (Lipinski definition) is 2. The molecule has 2 nitrogen and oxygen atoms in total. The molecule has 1 aromatic carbocycles. The van der Waals surface area contributed by atoms with Crippen LogP contribution in [-0.4, -0.2) is 11.7 Å². The van der Waals surface area contributed by atoms with Gasteiger partial charge in [0, 0.05) is 0 Å². The molecule has 0 radical (unpaired) electrons. The molecule has 0 heterocycles. The van der Waals surface area contributed by atoms with E-state index >= 15 is 0 Å². The summed E-state index contributed by atoms with van der Waals surface area (Å²) in [5.41, 5.74) is 6.24. The highest BCUT2D eigenvalue weighted by atomic mass is 79.9. The maximum atomic E-state index is 9.19. The van der Waals surface area contributed by atoms with Crippen molar-refractivity contribution in [2.75, 3.05) is 6.54 Å². The summed E-state index contributed by atoms with van der Waals surface area (Å²) in [6.07, 6.45) is 0.743. The van der Waals surface area contributed by atoms with Gasteiger partial charge < -0.3 is 10.8 Å². The van der Waals surface area contributed by atoms with E-state index in [9.17, 15) is 5.11 Å². The van der Waals surface area contributed by atoms with E-state index in [0.717, 1.165) is 12.0 Å². The van der Waals surface area contributed by atoms with Crippen molar-refractivity contribution in [3.05, 3.63) is 29.8 Å². The van der Waals surface area contributed by atoms with Crippen molar-refractivity contribution in [3.8, 4) is 5.75 Å². The number of nitrogens with two attached hydrogens (primary N) is 1. The highest BCUT2D eigenvalue weighted by molar-refractivity contribution is 8.93. The third-order valence-corrected chi connectivity index (χ3v) is 1.41. The Balaban J connectivity index is 0.000001000. The first-order valence-corrected chi connectivity index (χ1v) is 3.31. The van der Waals surface area contributed by atoms with Crippen LogP contribution in [0.1, 0.15) is 5.56 Å². The Labute approximate surface area is 76.8 Å². The number of hydrogen-bond donors (Lipinski definition) is 2. The minimum atomic E-state index is 0. The van der Waals surface area contributed by atoms with Crippen molar-refractivity contribution >= 4 is 17.0 Å². The van der Waals surface area contributed by atoms with Crippen LogP contribution in [0.4, 0.5) is 0 Å². The van der Waals surface area contributed by atoms with Gasteiger partial charge in [0.1, 0.15) is 5.75 Å². The Hall–Kier alpha value is -0.540. The first kappa shape index (κ1) is 10.5. The number of benzene rings is 1. The summed E-state index contributed by atoms with van der Waals surface area (Å²) in [5.74, 6) is 0.341. The quantitative estimate of drug-likeness (QED) is 0.789. The number of phenols is 1. The molecule has 0 unspecified atom stereocenters. The molecule has 0 aromatic heterocycles. The zero-order valence-electron chi connectivity index (χ0n) is 6.16. The molecule has 3 heteroatoms. The van der Waals surface area contributed by atoms with Crippen LogP contribution >= 0.6 is 17.0 Å². The van der Waals surface area contributed by atoms with Gasteiger partial charge in [-0.3, -0.25) is 0 Å². The summed E-state index contributed by atoms with van der Waals surface area (Å²) < 4.78 is 0. The van der Waals surface area contributed by atoms with E-state index in [1.807, 2.05) is 12.1 Å². The lowest BCUT2D eigenvalue weighted by Gasteiger charge is -1.99. The maximum Gasteiger partial charge on any atom is 0.118 e. The van der Waals surface area contributed by atoms with Crippen molar-refractivity contribution < 1.29 is 5.11 Å². The van der Waals surface area contributed by atoms with Crippen LogP contribution in [0.25, 0.3) is 0 Å². The molecule has 11 heavy (non-hydrogen) atoms. The minimum absolute atomic E-state index is 0. The first-order chi connectivity index (χ1) is 4.84. The van der Waals surface area contributed by atoms with E-state index in [1.165, 1.54) is 0 Å². The lowest BCUT2D eigenvalue weighted by atomic mass is 10.1. The molecule has 3 N–H and O–H groups in total. The molecule has 0 atom stereocenters. The molecule has 0 saturated heterocycles. The van der Waals surface area contributed by atoms with Crippen molar-refractivity contribution in [3.63, 3.8) is 0 Å². The molecule has 0 aliphatic rings. The summed E-state index contributed by atoms with van der Waals surface area (Å²) in [7, 11) is 0. The van der Waals surface area contributed by atoms with Gasteiger partial charge in [0.15, 0.2) is 0 Å². The number of phenolic OH excluding ortho intramolecular Hbond substituents is 1. The molecule has 0 saturated carbocycles. The van der Waals surface area contributed by atoms with Crippen LogP contribution in [0.3, 0.4) is 0 Å². The fourth-order valence-corrected chi connectivity index (χ4v) is 0.878. The van der Waals surface area contributed by atoms with E-state index in [0.29, 0.717) is 12.3 Å². The molecule has 1 aromatic rings. The van der Waals surface area contributed by atoms with Crippen molar-refractivity contribution in [2.45, 2.75) is 6.42 Å². The largest absolute Gasteiger partial charge is 0.508 e. The van der Waals surface area contributed by atoms with Gasteiger partial charge in [-0.05, 0) is 24.6 Å². The van der Waals surface area contributed by atoms with Crippen LogP contribution in [-0.2, 0) is 6.42 Å². The maximum absolute atomic E-state index is 9.19. The average molecular weight is 218 g/mol. The van der Waals surface area contributed by atoms with Crippen molar-refractivity contribution in [2.24, 2.45) is 5.73 Å². The number of aromatic hydroxyl groups is 1. The zero-order valence-corrected chi connectivity index (χ0v) is 7.87. The fourth-order valence-electron chi connectivity index (χ4n) is 0.878. The topological polar surface area (TPSA) is 46.2 Å². The van der Waals surface area contributed by atoms with E-state index in [-0.39, 0.29) is 17.0 Å². The number of halogens is 1. The van der Waals surface area contributed by atoms with Crippen LogP contribution in [0, 0.1) is 0 Å². The highest BCUT2D eigenvalue weighted by Crippen LogP contribution is 2.14. The zero-order chi connectivity index (χ0) is 7.40. The van der Waals surface area contributed by atoms with Gasteiger partial charge in [0.05, 0.1) is 0 Å². The molecule has 1 rings (SSSR count). The molecular formula is C8H12BrNO. The number of para-hydroxylation sites is 1. The first-order valence-electron chi connectivity index (χ1n) is 3.31. The average Bonchev–Trinajstić information content (AvgIpc) is 1.94. The van der Waals surface area contributed by atoms with Gasteiger partial charge in [-0.25, -0.2) is 0 Å². The second kappa shape index (κ2) is 5.16. The standard InChI is InChI=1S/C8H11NO.BrH/c9-6-5-7-3-1-2-4-8(7)10;/h1-4,10H,5-6,9H2;1H. The monoisotopic (exact) mass is 217 g/mol. The SMILES string of the molecule is Br.NCCc1ccccc1O. The third-order valence-electron chi connectivity index (χ3n) is 1.41. The normalized spacial score (nSPS) is 8.82. The van der Waals surface area contributed by atoms with Gasteiger partial charge in [-0.1, -0.05) is 18.2 Å². The van der Waals surface area contributed by atoms with Gasteiger partial charge in [0.2, 0.25) is 0 Å². The second-order valence-corrected chi connectivity index (χ2v) is 2.17. The smallest absolute Gasteiger partial charge is 0.118 e. The van der Waals surface area contributed by atoms with E-state index in [1.54, 1.807) is 12.1 Å². The predicted octanol–water partition coefficient (Wildman–Crippen LogP) is 1.47. The molecule has 0 bridgehead atoms. The van der Waals surface area contributed by atoms with E-state index < -0.39 is 0 Å². The van der Waals surface area contributed by atoms with Gasteiger partial charge >= 0.3 is 0 Å². The summed E-state index contributed by atoms with van der Waals surface area (Å²) in [4.78, 5) is 0. The lowest BCUT2D eigenvalue weighted by Crippen LogP contribution is -2.02. The van der Waals surface area contributed by atoms with E-state index in [2.05, 4.69) is 0 Å². The van der Waals surface area contributed by atoms with Crippen LogP contribution in [0.15, 0.2) is 24.3 Å². The summed E-state index contributed by atoms with van der Waals surface area (Å²) >= 11 is 0. The third kappa shape index (κ3) is 2.91. The van der Waals surface area contributed by atoms with Crippen LogP contribution < -0.4 is 5.73 Å². The Morgan fingerprint density at radius 3 is 2.45 bits per heavy atom. The van der Waals surface area contributed by atoms with Crippen LogP contribution in [0.2, 0.25) is 0 Å². The van der Waals surface area contributed by atoms with Gasteiger partial charge in [-0.2, -0.15) is 0 Å². The molecule has 0 fully saturated rings. The van der Waals surface area contributed by atoms with Gasteiger partial charge in [-0.15, -0.1) is 17.0 Å². The molecular weight excluding hydrogens is 206 g/mol. The molecule has 0 aliphatic carbocycles. The van der Waals surface area contributed by atoms with Crippen molar-refractivity contribution in [1.29, 1.82) is 0 Å². The Kier molecular flexibility index (Phi) is 4.90. The summed E-state index contributed by atoms with van der Waals surface area (Å²) in [6.45, 7) is 0.581. The Morgan fingerprint density at radius 1 is 1.27 bits per heavy atom. The predicted molar refractivity (Wildman–Crippen MR) is 51.2 cm³/mol. The van der Waals surface area contributed by atoms with Crippen LogP contribution in [0.5, 0.6) is 5.75 Å². The second-order valence-electron chi connectivity index (χ2n) is 2.17. The molecule has 0 amide bonds. The molecule has 62 valence electrons.